The van der Waals surface area contributed by atoms with Crippen LogP contribution in [0.3, 0.4) is 0 Å². The van der Waals surface area contributed by atoms with Crippen LogP contribution in [0.25, 0.3) is 0 Å². The standard InChI is InChI=1S/C18H21ClN2O2/c1-13(11-20-2)18(22)21-15-7-9-16(10-8-15)23-12-14-5-3-4-6-17(14)19/h3-10,13,20H,11-12H2,1-2H3,(H,21,22). The van der Waals surface area contributed by atoms with Gasteiger partial charge in [0.2, 0.25) is 5.91 Å². The normalized spacial score (nSPS) is 11.8. The fourth-order valence-corrected chi connectivity index (χ4v) is 2.27. The number of rotatable bonds is 7. The second-order valence-electron chi connectivity index (χ2n) is 5.35. The lowest BCUT2D eigenvalue weighted by Crippen LogP contribution is -2.28. The molecule has 0 fully saturated rings. The van der Waals surface area contributed by atoms with Gasteiger partial charge in [0.05, 0.1) is 0 Å². The zero-order chi connectivity index (χ0) is 16.7. The molecule has 1 atom stereocenters. The number of hydrogen-bond acceptors (Lipinski definition) is 3. The number of amides is 1. The van der Waals surface area contributed by atoms with E-state index in [4.69, 9.17) is 16.3 Å². The summed E-state index contributed by atoms with van der Waals surface area (Å²) in [6.07, 6.45) is 0. The number of benzene rings is 2. The first-order valence-corrected chi connectivity index (χ1v) is 7.89. The van der Waals surface area contributed by atoms with Gasteiger partial charge in [-0.3, -0.25) is 4.79 Å². The second kappa shape index (κ2) is 8.56. The average molecular weight is 333 g/mol. The van der Waals surface area contributed by atoms with E-state index in [2.05, 4.69) is 10.6 Å². The van der Waals surface area contributed by atoms with Gasteiger partial charge in [0.15, 0.2) is 0 Å². The maximum atomic E-state index is 11.9. The summed E-state index contributed by atoms with van der Waals surface area (Å²) >= 11 is 6.10. The van der Waals surface area contributed by atoms with Crippen molar-refractivity contribution in [3.05, 3.63) is 59.1 Å². The van der Waals surface area contributed by atoms with Gasteiger partial charge >= 0.3 is 0 Å². The van der Waals surface area contributed by atoms with E-state index in [1.54, 1.807) is 0 Å². The van der Waals surface area contributed by atoms with Crippen LogP contribution in [-0.4, -0.2) is 19.5 Å². The third kappa shape index (κ3) is 5.27. The van der Waals surface area contributed by atoms with E-state index in [0.29, 0.717) is 18.2 Å². The first-order valence-electron chi connectivity index (χ1n) is 7.52. The molecule has 2 rings (SSSR count). The largest absolute Gasteiger partial charge is 0.489 e. The number of halogens is 1. The van der Waals surface area contributed by atoms with Crippen LogP contribution in [-0.2, 0) is 11.4 Å². The Labute approximate surface area is 141 Å². The van der Waals surface area contributed by atoms with Crippen LogP contribution in [0, 0.1) is 5.92 Å². The minimum atomic E-state index is -0.0869. The highest BCUT2D eigenvalue weighted by Gasteiger charge is 2.11. The molecule has 0 saturated heterocycles. The molecule has 0 aromatic heterocycles. The minimum Gasteiger partial charge on any atom is -0.489 e. The molecule has 0 heterocycles. The summed E-state index contributed by atoms with van der Waals surface area (Å²) in [7, 11) is 1.83. The van der Waals surface area contributed by atoms with E-state index in [0.717, 1.165) is 17.0 Å². The van der Waals surface area contributed by atoms with Crippen molar-refractivity contribution < 1.29 is 9.53 Å². The Bertz CT molecular complexity index is 644. The molecule has 0 aliphatic heterocycles. The van der Waals surface area contributed by atoms with Gasteiger partial charge in [0, 0.05) is 28.7 Å². The molecular weight excluding hydrogens is 312 g/mol. The number of anilines is 1. The number of ether oxygens (including phenoxy) is 1. The van der Waals surface area contributed by atoms with E-state index in [-0.39, 0.29) is 11.8 Å². The molecule has 2 aromatic rings. The fraction of sp³-hybridized carbons (Fsp3) is 0.278. The van der Waals surface area contributed by atoms with Gasteiger partial charge < -0.3 is 15.4 Å². The van der Waals surface area contributed by atoms with E-state index in [1.165, 1.54) is 0 Å². The molecule has 0 spiro atoms. The Kier molecular flexibility index (Phi) is 6.44. The summed E-state index contributed by atoms with van der Waals surface area (Å²) in [5, 5.41) is 6.56. The monoisotopic (exact) mass is 332 g/mol. The van der Waals surface area contributed by atoms with Crippen molar-refractivity contribution in [2.45, 2.75) is 13.5 Å². The summed E-state index contributed by atoms with van der Waals surface area (Å²) in [5.41, 5.74) is 1.69. The minimum absolute atomic E-state index is 0.0101. The van der Waals surface area contributed by atoms with Crippen molar-refractivity contribution in [3.63, 3.8) is 0 Å². The van der Waals surface area contributed by atoms with Gasteiger partial charge in [-0.1, -0.05) is 36.7 Å². The molecule has 0 saturated carbocycles. The average Bonchev–Trinajstić information content (AvgIpc) is 2.55. The number of carbonyl (C=O) groups excluding carboxylic acids is 1. The molecule has 0 radical (unpaired) electrons. The van der Waals surface area contributed by atoms with Crippen molar-refractivity contribution in [3.8, 4) is 5.75 Å². The number of nitrogens with one attached hydrogen (secondary N) is 2. The molecule has 1 amide bonds. The molecule has 0 bridgehead atoms. The van der Waals surface area contributed by atoms with E-state index < -0.39 is 0 Å². The lowest BCUT2D eigenvalue weighted by atomic mass is 10.1. The highest BCUT2D eigenvalue weighted by molar-refractivity contribution is 6.31. The SMILES string of the molecule is CNCC(C)C(=O)Nc1ccc(OCc2ccccc2Cl)cc1. The zero-order valence-electron chi connectivity index (χ0n) is 13.3. The van der Waals surface area contributed by atoms with Crippen LogP contribution in [0.1, 0.15) is 12.5 Å². The first kappa shape index (κ1) is 17.3. The van der Waals surface area contributed by atoms with Crippen LogP contribution >= 0.6 is 11.6 Å². The Morgan fingerprint density at radius 2 is 1.87 bits per heavy atom. The summed E-state index contributed by atoms with van der Waals surface area (Å²) in [5.74, 6) is 0.631. The lowest BCUT2D eigenvalue weighted by Gasteiger charge is -2.12. The predicted octanol–water partition coefficient (Wildman–Crippen LogP) is 3.71. The van der Waals surface area contributed by atoms with Crippen molar-refractivity contribution in [1.29, 1.82) is 0 Å². The van der Waals surface area contributed by atoms with Crippen molar-refractivity contribution in [2.75, 3.05) is 18.9 Å². The number of hydrogen-bond donors (Lipinski definition) is 2. The maximum Gasteiger partial charge on any atom is 0.228 e. The Morgan fingerprint density at radius 3 is 2.52 bits per heavy atom. The second-order valence-corrected chi connectivity index (χ2v) is 5.76. The van der Waals surface area contributed by atoms with E-state index in [1.807, 2.05) is 62.5 Å². The van der Waals surface area contributed by atoms with Gasteiger partial charge in [0.25, 0.3) is 0 Å². The topological polar surface area (TPSA) is 50.4 Å². The van der Waals surface area contributed by atoms with Crippen LogP contribution in [0.5, 0.6) is 5.75 Å². The Hall–Kier alpha value is -2.04. The predicted molar refractivity (Wildman–Crippen MR) is 93.9 cm³/mol. The van der Waals surface area contributed by atoms with Gasteiger partial charge in [0.1, 0.15) is 12.4 Å². The van der Waals surface area contributed by atoms with Crippen LogP contribution in [0.15, 0.2) is 48.5 Å². The molecule has 23 heavy (non-hydrogen) atoms. The molecular formula is C18H21ClN2O2. The summed E-state index contributed by atoms with van der Waals surface area (Å²) in [4.78, 5) is 11.9. The van der Waals surface area contributed by atoms with Crippen LogP contribution in [0.4, 0.5) is 5.69 Å². The summed E-state index contributed by atoms with van der Waals surface area (Å²) in [6.45, 7) is 2.93. The van der Waals surface area contributed by atoms with Crippen LogP contribution in [0.2, 0.25) is 5.02 Å². The Balaban J connectivity index is 1.89. The Morgan fingerprint density at radius 1 is 1.17 bits per heavy atom. The van der Waals surface area contributed by atoms with Gasteiger partial charge in [-0.2, -0.15) is 0 Å². The zero-order valence-corrected chi connectivity index (χ0v) is 14.1. The van der Waals surface area contributed by atoms with Gasteiger partial charge in [-0.15, -0.1) is 0 Å². The molecule has 0 aliphatic carbocycles. The summed E-state index contributed by atoms with van der Waals surface area (Å²) in [6, 6.07) is 14.9. The third-order valence-electron chi connectivity index (χ3n) is 3.43. The van der Waals surface area contributed by atoms with Crippen molar-refractivity contribution in [1.82, 2.24) is 5.32 Å². The molecule has 2 aromatic carbocycles. The number of carbonyl (C=O) groups is 1. The molecule has 5 heteroatoms. The lowest BCUT2D eigenvalue weighted by molar-refractivity contribution is -0.119. The van der Waals surface area contributed by atoms with Crippen molar-refractivity contribution in [2.24, 2.45) is 5.92 Å². The highest BCUT2D eigenvalue weighted by atomic mass is 35.5. The highest BCUT2D eigenvalue weighted by Crippen LogP contribution is 2.20. The molecule has 122 valence electrons. The fourth-order valence-electron chi connectivity index (χ4n) is 2.08. The quantitative estimate of drug-likeness (QED) is 0.812. The van der Waals surface area contributed by atoms with Gasteiger partial charge in [-0.05, 0) is 37.4 Å². The molecule has 0 aliphatic rings. The smallest absolute Gasteiger partial charge is 0.228 e. The van der Waals surface area contributed by atoms with Gasteiger partial charge in [-0.25, -0.2) is 0 Å². The first-order chi connectivity index (χ1) is 11.1. The van der Waals surface area contributed by atoms with Crippen molar-refractivity contribution >= 4 is 23.2 Å². The molecule has 2 N–H and O–H groups in total. The maximum absolute atomic E-state index is 11.9. The van der Waals surface area contributed by atoms with E-state index >= 15 is 0 Å². The summed E-state index contributed by atoms with van der Waals surface area (Å²) < 4.78 is 5.71. The van der Waals surface area contributed by atoms with E-state index in [9.17, 15) is 4.79 Å². The molecule has 4 nitrogen and oxygen atoms in total. The van der Waals surface area contributed by atoms with Crippen LogP contribution < -0.4 is 15.4 Å². The molecule has 1 unspecified atom stereocenters. The third-order valence-corrected chi connectivity index (χ3v) is 3.80.